The van der Waals surface area contributed by atoms with Crippen molar-refractivity contribution in [2.75, 3.05) is 25.0 Å². The summed E-state index contributed by atoms with van der Waals surface area (Å²) in [6.45, 7) is 10.3. The van der Waals surface area contributed by atoms with Gasteiger partial charge in [-0.15, -0.1) is 0 Å². The van der Waals surface area contributed by atoms with Crippen LogP contribution in [0.25, 0.3) is 0 Å². The highest BCUT2D eigenvalue weighted by atomic mass is 16.2. The summed E-state index contributed by atoms with van der Waals surface area (Å²) >= 11 is 0. The number of piperidine rings is 1. The highest BCUT2D eigenvalue weighted by molar-refractivity contribution is 5.96. The molecule has 2 aliphatic heterocycles. The summed E-state index contributed by atoms with van der Waals surface area (Å²) in [5.41, 5.74) is 3.48. The fourth-order valence-corrected chi connectivity index (χ4v) is 3.73. The zero-order chi connectivity index (χ0) is 16.1. The maximum atomic E-state index is 12.8. The van der Waals surface area contributed by atoms with Gasteiger partial charge in [-0.2, -0.15) is 0 Å². The molecule has 1 saturated heterocycles. The van der Waals surface area contributed by atoms with E-state index in [9.17, 15) is 4.79 Å². The van der Waals surface area contributed by atoms with E-state index in [1.165, 1.54) is 11.1 Å². The highest BCUT2D eigenvalue weighted by Crippen LogP contribution is 2.44. The molecule has 0 radical (unpaired) electrons. The third kappa shape index (κ3) is 2.72. The van der Waals surface area contributed by atoms with Gasteiger partial charge in [-0.25, -0.2) is 4.79 Å². The van der Waals surface area contributed by atoms with Crippen molar-refractivity contribution in [3.63, 3.8) is 0 Å². The number of hydrogen-bond acceptors (Lipinski definition) is 2. The van der Waals surface area contributed by atoms with Crippen molar-refractivity contribution in [3.05, 3.63) is 29.3 Å². The molecule has 2 heterocycles. The average molecular weight is 301 g/mol. The number of amides is 2. The quantitative estimate of drug-likeness (QED) is 0.799. The van der Waals surface area contributed by atoms with Crippen LogP contribution in [0.3, 0.4) is 0 Å². The molecule has 0 aliphatic carbocycles. The SMILES string of the molecule is Cc1ccc2c(c1)C1CN(C)CCC1N2C(=O)NC(C)(C)C. The van der Waals surface area contributed by atoms with E-state index in [0.717, 1.165) is 25.2 Å². The number of hydrogen-bond donors (Lipinski definition) is 1. The lowest BCUT2D eigenvalue weighted by Gasteiger charge is -2.37. The molecule has 22 heavy (non-hydrogen) atoms. The van der Waals surface area contributed by atoms with Gasteiger partial charge in [0, 0.05) is 29.7 Å². The van der Waals surface area contributed by atoms with Crippen LogP contribution in [0.5, 0.6) is 0 Å². The first-order valence-corrected chi connectivity index (χ1v) is 8.17. The molecular weight excluding hydrogens is 274 g/mol. The molecule has 2 unspecified atom stereocenters. The number of nitrogens with zero attached hydrogens (tertiary/aromatic N) is 2. The molecule has 2 aliphatic rings. The van der Waals surface area contributed by atoms with Crippen molar-refractivity contribution in [2.24, 2.45) is 0 Å². The first-order valence-electron chi connectivity index (χ1n) is 8.17. The van der Waals surface area contributed by atoms with Gasteiger partial charge >= 0.3 is 6.03 Å². The number of nitrogens with one attached hydrogen (secondary N) is 1. The molecule has 3 rings (SSSR count). The van der Waals surface area contributed by atoms with Crippen LogP contribution in [-0.4, -0.2) is 42.6 Å². The van der Waals surface area contributed by atoms with Crippen molar-refractivity contribution in [3.8, 4) is 0 Å². The van der Waals surface area contributed by atoms with Crippen molar-refractivity contribution in [1.82, 2.24) is 10.2 Å². The molecular formula is C18H27N3O. The summed E-state index contributed by atoms with van der Waals surface area (Å²) in [7, 11) is 2.17. The van der Waals surface area contributed by atoms with Crippen LogP contribution in [0.1, 0.15) is 44.2 Å². The Bertz CT molecular complexity index is 590. The second-order valence-corrected chi connectivity index (χ2v) is 7.84. The molecule has 0 aromatic heterocycles. The predicted octanol–water partition coefficient (Wildman–Crippen LogP) is 3.11. The summed E-state index contributed by atoms with van der Waals surface area (Å²) < 4.78 is 0. The van der Waals surface area contributed by atoms with Gasteiger partial charge < -0.3 is 10.2 Å². The minimum absolute atomic E-state index is 0.0367. The Balaban J connectivity index is 1.98. The van der Waals surface area contributed by atoms with E-state index in [1.54, 1.807) is 0 Å². The number of likely N-dealkylation sites (tertiary alicyclic amines) is 1. The van der Waals surface area contributed by atoms with Crippen LogP contribution in [0, 0.1) is 6.92 Å². The average Bonchev–Trinajstić information content (AvgIpc) is 2.70. The number of likely N-dealkylation sites (N-methyl/N-ethyl adjacent to an activating group) is 1. The first kappa shape index (κ1) is 15.3. The number of rotatable bonds is 0. The molecule has 0 bridgehead atoms. The van der Waals surface area contributed by atoms with Crippen LogP contribution in [-0.2, 0) is 0 Å². The van der Waals surface area contributed by atoms with Crippen LogP contribution in [0.2, 0.25) is 0 Å². The number of fused-ring (bicyclic) bond motifs is 3. The summed E-state index contributed by atoms with van der Waals surface area (Å²) in [4.78, 5) is 17.2. The molecule has 1 aromatic rings. The first-order chi connectivity index (χ1) is 10.3. The molecule has 0 saturated carbocycles. The Kier molecular flexibility index (Phi) is 3.68. The van der Waals surface area contributed by atoms with E-state index in [2.05, 4.69) is 42.4 Å². The van der Waals surface area contributed by atoms with Crippen LogP contribution >= 0.6 is 0 Å². The van der Waals surface area contributed by atoms with E-state index in [4.69, 9.17) is 0 Å². The molecule has 1 N–H and O–H groups in total. The standard InChI is InChI=1S/C18H27N3O/c1-12-6-7-15-13(10-12)14-11-20(5)9-8-16(14)21(15)17(22)19-18(2,3)4/h6-7,10,14,16H,8-9,11H2,1-5H3,(H,19,22). The lowest BCUT2D eigenvalue weighted by atomic mass is 9.89. The van der Waals surface area contributed by atoms with Gasteiger partial charge in [-0.1, -0.05) is 17.7 Å². The molecule has 2 atom stereocenters. The fraction of sp³-hybridized carbons (Fsp3) is 0.611. The molecule has 4 heteroatoms. The Morgan fingerprint density at radius 1 is 1.32 bits per heavy atom. The third-order valence-corrected chi connectivity index (χ3v) is 4.65. The molecule has 2 amide bonds. The highest BCUT2D eigenvalue weighted by Gasteiger charge is 2.44. The summed E-state index contributed by atoms with van der Waals surface area (Å²) in [6, 6.07) is 6.81. The van der Waals surface area contributed by atoms with Crippen LogP contribution in [0.15, 0.2) is 18.2 Å². The van der Waals surface area contributed by atoms with E-state index in [-0.39, 0.29) is 17.6 Å². The Morgan fingerprint density at radius 2 is 2.05 bits per heavy atom. The van der Waals surface area contributed by atoms with Gasteiger partial charge in [0.1, 0.15) is 0 Å². The fourth-order valence-electron chi connectivity index (χ4n) is 3.73. The van der Waals surface area contributed by atoms with Crippen molar-refractivity contribution in [2.45, 2.75) is 51.6 Å². The topological polar surface area (TPSA) is 35.6 Å². The molecule has 1 aromatic carbocycles. The monoisotopic (exact) mass is 301 g/mol. The molecule has 1 fully saturated rings. The zero-order valence-corrected chi connectivity index (χ0v) is 14.3. The van der Waals surface area contributed by atoms with Gasteiger partial charge in [0.25, 0.3) is 0 Å². The smallest absolute Gasteiger partial charge is 0.322 e. The Hall–Kier alpha value is -1.55. The number of benzene rings is 1. The van der Waals surface area contributed by atoms with Gasteiger partial charge in [-0.05, 0) is 59.3 Å². The lowest BCUT2D eigenvalue weighted by molar-refractivity contribution is 0.214. The van der Waals surface area contributed by atoms with Crippen molar-refractivity contribution >= 4 is 11.7 Å². The molecule has 120 valence electrons. The maximum absolute atomic E-state index is 12.8. The van der Waals surface area contributed by atoms with Crippen LogP contribution < -0.4 is 10.2 Å². The second kappa shape index (κ2) is 5.27. The predicted molar refractivity (Wildman–Crippen MR) is 90.6 cm³/mol. The van der Waals surface area contributed by atoms with Gasteiger partial charge in [0.2, 0.25) is 0 Å². The van der Waals surface area contributed by atoms with E-state index in [1.807, 2.05) is 25.7 Å². The normalized spacial score (nSPS) is 24.9. The molecule has 4 nitrogen and oxygen atoms in total. The largest absolute Gasteiger partial charge is 0.333 e. The second-order valence-electron chi connectivity index (χ2n) is 7.84. The van der Waals surface area contributed by atoms with Crippen molar-refractivity contribution in [1.29, 1.82) is 0 Å². The number of aryl methyl sites for hydroxylation is 1. The number of carbonyl (C=O) groups is 1. The van der Waals surface area contributed by atoms with Crippen LogP contribution in [0.4, 0.5) is 10.5 Å². The summed E-state index contributed by atoms with van der Waals surface area (Å²) in [6.07, 6.45) is 1.03. The van der Waals surface area contributed by atoms with Gasteiger partial charge in [-0.3, -0.25) is 4.90 Å². The number of anilines is 1. The molecule has 0 spiro atoms. The Labute approximate surface area is 133 Å². The summed E-state index contributed by atoms with van der Waals surface area (Å²) in [5, 5.41) is 3.13. The summed E-state index contributed by atoms with van der Waals surface area (Å²) in [5.74, 6) is 0.430. The number of urea groups is 1. The lowest BCUT2D eigenvalue weighted by Crippen LogP contribution is -2.54. The van der Waals surface area contributed by atoms with E-state index in [0.29, 0.717) is 5.92 Å². The maximum Gasteiger partial charge on any atom is 0.322 e. The van der Waals surface area contributed by atoms with E-state index < -0.39 is 0 Å². The van der Waals surface area contributed by atoms with Crippen molar-refractivity contribution < 1.29 is 4.79 Å². The minimum atomic E-state index is -0.217. The van der Waals surface area contributed by atoms with Gasteiger partial charge in [0.05, 0.1) is 0 Å². The third-order valence-electron chi connectivity index (χ3n) is 4.65. The zero-order valence-electron chi connectivity index (χ0n) is 14.3. The number of carbonyl (C=O) groups excluding carboxylic acids is 1. The minimum Gasteiger partial charge on any atom is -0.333 e. The Morgan fingerprint density at radius 3 is 2.73 bits per heavy atom. The van der Waals surface area contributed by atoms with E-state index >= 15 is 0 Å². The van der Waals surface area contributed by atoms with Gasteiger partial charge in [0.15, 0.2) is 0 Å².